The summed E-state index contributed by atoms with van der Waals surface area (Å²) in [5.74, 6) is -0.704. The highest BCUT2D eigenvalue weighted by Crippen LogP contribution is 2.33. The Labute approximate surface area is 210 Å². The molecule has 0 atom stereocenters. The highest BCUT2D eigenvalue weighted by Gasteiger charge is 2.27. The van der Waals surface area contributed by atoms with Crippen LogP contribution in [0.25, 0.3) is 22.1 Å². The lowest BCUT2D eigenvalue weighted by atomic mass is 10.0. The molecule has 0 spiro atoms. The fourth-order valence-corrected chi connectivity index (χ4v) is 4.68. The molecule has 0 aliphatic rings. The van der Waals surface area contributed by atoms with Gasteiger partial charge >= 0.3 is 11.9 Å². The molecular weight excluding hydrogens is 456 g/mol. The number of nitrogens with zero attached hydrogens (tertiary/aromatic N) is 4. The number of carbonyl (C=O) groups excluding carboxylic acids is 2. The number of hydrogen-bond acceptors (Lipinski definition) is 6. The zero-order chi connectivity index (χ0) is 26.3. The molecule has 8 heteroatoms. The van der Waals surface area contributed by atoms with Crippen LogP contribution < -0.4 is 0 Å². The maximum atomic E-state index is 12.6. The van der Waals surface area contributed by atoms with Crippen molar-refractivity contribution in [2.24, 2.45) is 0 Å². The third-order valence-electron chi connectivity index (χ3n) is 6.49. The summed E-state index contributed by atoms with van der Waals surface area (Å²) >= 11 is 0. The molecule has 0 amide bonds. The number of carbonyl (C=O) groups is 2. The van der Waals surface area contributed by atoms with Crippen molar-refractivity contribution >= 4 is 22.7 Å². The number of ether oxygens (including phenoxy) is 2. The number of hydrogen-bond donors (Lipinski definition) is 0. The summed E-state index contributed by atoms with van der Waals surface area (Å²) in [6.07, 6.45) is 0. The summed E-state index contributed by atoms with van der Waals surface area (Å²) in [7, 11) is 2.77. The Balaban J connectivity index is 1.99. The van der Waals surface area contributed by atoms with Crippen LogP contribution in [0.3, 0.4) is 0 Å². The minimum Gasteiger partial charge on any atom is -0.465 e. The molecule has 0 unspecified atom stereocenters. The average Bonchev–Trinajstić information content (AvgIpc) is 3.39. The summed E-state index contributed by atoms with van der Waals surface area (Å²) < 4.78 is 13.7. The van der Waals surface area contributed by atoms with Crippen LogP contribution in [0.5, 0.6) is 0 Å². The second kappa shape index (κ2) is 9.60. The molecule has 2 aromatic carbocycles. The van der Waals surface area contributed by atoms with E-state index in [0.29, 0.717) is 33.9 Å². The van der Waals surface area contributed by atoms with Gasteiger partial charge in [-0.15, -0.1) is 0 Å². The third-order valence-corrected chi connectivity index (χ3v) is 6.49. The lowest BCUT2D eigenvalue weighted by molar-refractivity contribution is 0.0589. The molecule has 8 nitrogen and oxygen atoms in total. The van der Waals surface area contributed by atoms with Crippen molar-refractivity contribution in [3.05, 3.63) is 70.3 Å². The fraction of sp³-hybridized carbons (Fsp3) is 0.357. The van der Waals surface area contributed by atoms with E-state index in [9.17, 15) is 9.59 Å². The SMILES string of the molecule is COC(=O)c1c(C(C)C)nn(-c2cccc3c(-n4nc(C(C)C)c(C(=O)OC)c4C)cccc23)c1C. The van der Waals surface area contributed by atoms with Gasteiger partial charge in [-0.2, -0.15) is 10.2 Å². The number of benzene rings is 2. The number of fused-ring (bicyclic) bond motifs is 1. The van der Waals surface area contributed by atoms with Crippen LogP contribution in [0.15, 0.2) is 36.4 Å². The molecule has 0 aliphatic heterocycles. The van der Waals surface area contributed by atoms with Crippen LogP contribution in [0.4, 0.5) is 0 Å². The molecule has 36 heavy (non-hydrogen) atoms. The van der Waals surface area contributed by atoms with Gasteiger partial charge in [-0.25, -0.2) is 19.0 Å². The average molecular weight is 489 g/mol. The number of methoxy groups -OCH3 is 2. The Morgan fingerprint density at radius 1 is 0.694 bits per heavy atom. The van der Waals surface area contributed by atoms with Crippen molar-refractivity contribution in [2.75, 3.05) is 14.2 Å². The topological polar surface area (TPSA) is 88.2 Å². The molecule has 0 saturated carbocycles. The standard InChI is InChI=1S/C28H32N4O4/c1-15(2)25-23(27(33)35-7)17(5)31(29-25)21-13-9-12-20-19(21)11-10-14-22(20)32-18(6)24(28(34)36-8)26(30-32)16(3)4/h9-16H,1-8H3. The van der Waals surface area contributed by atoms with E-state index in [1.165, 1.54) is 14.2 Å². The first-order chi connectivity index (χ1) is 17.1. The summed E-state index contributed by atoms with van der Waals surface area (Å²) in [6, 6.07) is 11.9. The van der Waals surface area contributed by atoms with Crippen LogP contribution in [-0.2, 0) is 9.47 Å². The van der Waals surface area contributed by atoms with E-state index < -0.39 is 11.9 Å². The first-order valence-electron chi connectivity index (χ1n) is 12.0. The van der Waals surface area contributed by atoms with Crippen LogP contribution in [0.1, 0.15) is 83.0 Å². The van der Waals surface area contributed by atoms with Gasteiger partial charge in [0.2, 0.25) is 0 Å². The summed E-state index contributed by atoms with van der Waals surface area (Å²) in [4.78, 5) is 25.2. The first-order valence-corrected chi connectivity index (χ1v) is 12.0. The molecule has 0 aliphatic carbocycles. The number of esters is 2. The van der Waals surface area contributed by atoms with Gasteiger partial charge in [0, 0.05) is 10.8 Å². The molecule has 2 heterocycles. The van der Waals surface area contributed by atoms with Gasteiger partial charge in [-0.1, -0.05) is 52.0 Å². The normalized spacial score (nSPS) is 11.5. The number of aromatic nitrogens is 4. The second-order valence-electron chi connectivity index (χ2n) is 9.46. The van der Waals surface area contributed by atoms with Crippen molar-refractivity contribution in [3.8, 4) is 11.4 Å². The first kappa shape index (κ1) is 25.2. The van der Waals surface area contributed by atoms with Gasteiger partial charge in [0.15, 0.2) is 0 Å². The predicted molar refractivity (Wildman–Crippen MR) is 139 cm³/mol. The molecular formula is C28H32N4O4. The molecule has 0 N–H and O–H groups in total. The Morgan fingerprint density at radius 3 is 1.36 bits per heavy atom. The van der Waals surface area contributed by atoms with Crippen molar-refractivity contribution in [2.45, 2.75) is 53.4 Å². The zero-order valence-electron chi connectivity index (χ0n) is 22.0. The molecule has 4 rings (SSSR count). The van der Waals surface area contributed by atoms with Crippen molar-refractivity contribution in [3.63, 3.8) is 0 Å². The van der Waals surface area contributed by atoms with Crippen LogP contribution in [-0.4, -0.2) is 45.7 Å². The maximum absolute atomic E-state index is 12.6. The minimum absolute atomic E-state index is 0.0440. The lowest BCUT2D eigenvalue weighted by Crippen LogP contribution is -2.07. The van der Waals surface area contributed by atoms with Crippen molar-refractivity contribution in [1.82, 2.24) is 19.6 Å². The van der Waals surface area contributed by atoms with Gasteiger partial charge < -0.3 is 9.47 Å². The highest BCUT2D eigenvalue weighted by atomic mass is 16.5. The summed E-state index contributed by atoms with van der Waals surface area (Å²) in [6.45, 7) is 11.8. The van der Waals surface area contributed by atoms with Gasteiger partial charge in [0.1, 0.15) is 11.1 Å². The lowest BCUT2D eigenvalue weighted by Gasteiger charge is -2.13. The zero-order valence-corrected chi connectivity index (χ0v) is 22.0. The van der Waals surface area contributed by atoms with E-state index in [2.05, 4.69) is 0 Å². The quantitative estimate of drug-likeness (QED) is 0.326. The Kier molecular flexibility index (Phi) is 6.71. The van der Waals surface area contributed by atoms with E-state index in [1.807, 2.05) is 87.3 Å². The maximum Gasteiger partial charge on any atom is 0.341 e. The smallest absolute Gasteiger partial charge is 0.341 e. The second-order valence-corrected chi connectivity index (χ2v) is 9.46. The Hall–Kier alpha value is -3.94. The van der Waals surface area contributed by atoms with Crippen LogP contribution in [0.2, 0.25) is 0 Å². The molecule has 0 radical (unpaired) electrons. The van der Waals surface area contributed by atoms with Gasteiger partial charge in [-0.3, -0.25) is 0 Å². The van der Waals surface area contributed by atoms with Crippen molar-refractivity contribution in [1.29, 1.82) is 0 Å². The van der Waals surface area contributed by atoms with E-state index in [1.54, 1.807) is 0 Å². The third kappa shape index (κ3) is 3.96. The molecule has 0 bridgehead atoms. The molecule has 188 valence electrons. The van der Waals surface area contributed by atoms with Crippen LogP contribution >= 0.6 is 0 Å². The molecule has 0 fully saturated rings. The van der Waals surface area contributed by atoms with E-state index >= 15 is 0 Å². The van der Waals surface area contributed by atoms with Gasteiger partial charge in [-0.05, 0) is 37.8 Å². The summed E-state index contributed by atoms with van der Waals surface area (Å²) in [5.41, 5.74) is 5.49. The minimum atomic E-state index is -0.396. The molecule has 4 aromatic rings. The fourth-order valence-electron chi connectivity index (χ4n) is 4.68. The van der Waals surface area contributed by atoms with E-state index in [4.69, 9.17) is 19.7 Å². The van der Waals surface area contributed by atoms with Crippen LogP contribution in [0, 0.1) is 13.8 Å². The predicted octanol–water partition coefficient (Wildman–Crippen LogP) is 5.65. The Morgan fingerprint density at radius 2 is 1.06 bits per heavy atom. The van der Waals surface area contributed by atoms with Gasteiger partial charge in [0.25, 0.3) is 0 Å². The molecule has 0 saturated heterocycles. The summed E-state index contributed by atoms with van der Waals surface area (Å²) in [5, 5.41) is 11.5. The molecule has 2 aromatic heterocycles. The van der Waals surface area contributed by atoms with E-state index in [-0.39, 0.29) is 11.8 Å². The largest absolute Gasteiger partial charge is 0.465 e. The van der Waals surface area contributed by atoms with E-state index in [0.717, 1.165) is 22.1 Å². The van der Waals surface area contributed by atoms with Gasteiger partial charge in [0.05, 0.1) is 48.4 Å². The highest BCUT2D eigenvalue weighted by molar-refractivity contribution is 5.98. The Bertz CT molecular complexity index is 1370. The monoisotopic (exact) mass is 488 g/mol. The number of rotatable bonds is 6. The van der Waals surface area contributed by atoms with Crippen molar-refractivity contribution < 1.29 is 19.1 Å².